The molecule has 2 aliphatic rings. The number of rotatable bonds is 0. The highest BCUT2D eigenvalue weighted by Crippen LogP contribution is 2.29. The third-order valence-corrected chi connectivity index (χ3v) is 2.99. The van der Waals surface area contributed by atoms with Gasteiger partial charge in [0, 0.05) is 18.6 Å². The molecule has 0 aromatic heterocycles. The fourth-order valence-electron chi connectivity index (χ4n) is 2.36. The standard InChI is InChI=1S/C8H16N2/c9-7-5-10-8-4-2-1-3-6(7)8/h6-8,10H,1-5,9H2. The highest BCUT2D eigenvalue weighted by Gasteiger charge is 2.34. The van der Waals surface area contributed by atoms with Gasteiger partial charge in [-0.2, -0.15) is 0 Å². The average Bonchev–Trinajstić information content (AvgIpc) is 2.34. The first kappa shape index (κ1) is 6.62. The molecule has 0 bridgehead atoms. The van der Waals surface area contributed by atoms with Crippen LogP contribution in [0.2, 0.25) is 0 Å². The monoisotopic (exact) mass is 140 g/mol. The Labute approximate surface area is 62.2 Å². The molecule has 58 valence electrons. The lowest BCUT2D eigenvalue weighted by atomic mass is 9.83. The summed E-state index contributed by atoms with van der Waals surface area (Å²) in [5.41, 5.74) is 5.93. The number of nitrogens with two attached hydrogens (primary N) is 1. The fourth-order valence-corrected chi connectivity index (χ4v) is 2.36. The van der Waals surface area contributed by atoms with E-state index < -0.39 is 0 Å². The third kappa shape index (κ3) is 0.956. The van der Waals surface area contributed by atoms with Gasteiger partial charge in [-0.3, -0.25) is 0 Å². The van der Waals surface area contributed by atoms with E-state index >= 15 is 0 Å². The Bertz CT molecular complexity index is 122. The predicted octanol–water partition coefficient (Wildman–Crippen LogP) is 0.476. The van der Waals surface area contributed by atoms with Crippen LogP contribution < -0.4 is 11.1 Å². The van der Waals surface area contributed by atoms with Gasteiger partial charge >= 0.3 is 0 Å². The predicted molar refractivity (Wildman–Crippen MR) is 41.7 cm³/mol. The van der Waals surface area contributed by atoms with Gasteiger partial charge in [-0.15, -0.1) is 0 Å². The lowest BCUT2D eigenvalue weighted by Gasteiger charge is -2.26. The highest BCUT2D eigenvalue weighted by atomic mass is 15.0. The van der Waals surface area contributed by atoms with E-state index in [4.69, 9.17) is 5.73 Å². The van der Waals surface area contributed by atoms with Crippen molar-refractivity contribution in [2.75, 3.05) is 6.54 Å². The third-order valence-electron chi connectivity index (χ3n) is 2.99. The second-order valence-electron chi connectivity index (χ2n) is 3.63. The lowest BCUT2D eigenvalue weighted by molar-refractivity contribution is 0.308. The first-order valence-corrected chi connectivity index (χ1v) is 4.37. The molecular weight excluding hydrogens is 124 g/mol. The molecule has 1 aliphatic carbocycles. The van der Waals surface area contributed by atoms with Crippen LogP contribution in [0.3, 0.4) is 0 Å². The molecular formula is C8H16N2. The summed E-state index contributed by atoms with van der Waals surface area (Å²) < 4.78 is 0. The van der Waals surface area contributed by atoms with E-state index in [9.17, 15) is 0 Å². The number of hydrogen-bond donors (Lipinski definition) is 2. The minimum atomic E-state index is 0.449. The number of nitrogens with one attached hydrogen (secondary N) is 1. The van der Waals surface area contributed by atoms with Crippen molar-refractivity contribution in [3.8, 4) is 0 Å². The molecule has 10 heavy (non-hydrogen) atoms. The minimum Gasteiger partial charge on any atom is -0.326 e. The fraction of sp³-hybridized carbons (Fsp3) is 1.00. The van der Waals surface area contributed by atoms with E-state index in [1.807, 2.05) is 0 Å². The molecule has 0 amide bonds. The van der Waals surface area contributed by atoms with E-state index in [1.165, 1.54) is 25.7 Å². The van der Waals surface area contributed by atoms with Crippen molar-refractivity contribution in [3.63, 3.8) is 0 Å². The van der Waals surface area contributed by atoms with Crippen molar-refractivity contribution in [3.05, 3.63) is 0 Å². The SMILES string of the molecule is NC1CNC2CCCCC12. The van der Waals surface area contributed by atoms with Gasteiger partial charge in [0.1, 0.15) is 0 Å². The topological polar surface area (TPSA) is 38.0 Å². The van der Waals surface area contributed by atoms with Crippen LogP contribution in [0.1, 0.15) is 25.7 Å². The van der Waals surface area contributed by atoms with Gasteiger partial charge in [0.15, 0.2) is 0 Å². The Morgan fingerprint density at radius 2 is 2.00 bits per heavy atom. The van der Waals surface area contributed by atoms with Crippen LogP contribution in [-0.2, 0) is 0 Å². The van der Waals surface area contributed by atoms with E-state index in [2.05, 4.69) is 5.32 Å². The van der Waals surface area contributed by atoms with E-state index in [1.54, 1.807) is 0 Å². The summed E-state index contributed by atoms with van der Waals surface area (Å²) in [5, 5.41) is 3.48. The zero-order valence-electron chi connectivity index (χ0n) is 6.34. The second-order valence-corrected chi connectivity index (χ2v) is 3.63. The van der Waals surface area contributed by atoms with Gasteiger partial charge in [-0.05, 0) is 18.8 Å². The van der Waals surface area contributed by atoms with Crippen molar-refractivity contribution < 1.29 is 0 Å². The van der Waals surface area contributed by atoms with Crippen LogP contribution in [-0.4, -0.2) is 18.6 Å². The Kier molecular flexibility index (Phi) is 1.66. The van der Waals surface area contributed by atoms with Gasteiger partial charge < -0.3 is 11.1 Å². The summed E-state index contributed by atoms with van der Waals surface area (Å²) in [5.74, 6) is 0.800. The molecule has 0 radical (unpaired) electrons. The van der Waals surface area contributed by atoms with Crippen molar-refractivity contribution in [2.45, 2.75) is 37.8 Å². The van der Waals surface area contributed by atoms with Gasteiger partial charge in [0.05, 0.1) is 0 Å². The first-order valence-electron chi connectivity index (χ1n) is 4.37. The van der Waals surface area contributed by atoms with Gasteiger partial charge in [-0.1, -0.05) is 12.8 Å². The van der Waals surface area contributed by atoms with Crippen molar-refractivity contribution in [1.82, 2.24) is 5.32 Å². The minimum absolute atomic E-state index is 0.449. The summed E-state index contributed by atoms with van der Waals surface area (Å²) in [6.07, 6.45) is 5.52. The second kappa shape index (κ2) is 2.51. The molecule has 2 rings (SSSR count). The number of fused-ring (bicyclic) bond motifs is 1. The van der Waals surface area contributed by atoms with Gasteiger partial charge in [0.2, 0.25) is 0 Å². The van der Waals surface area contributed by atoms with Crippen LogP contribution in [0.4, 0.5) is 0 Å². The van der Waals surface area contributed by atoms with E-state index in [-0.39, 0.29) is 0 Å². The van der Waals surface area contributed by atoms with Crippen LogP contribution >= 0.6 is 0 Å². The maximum absolute atomic E-state index is 5.93. The highest BCUT2D eigenvalue weighted by molar-refractivity contribution is 4.94. The van der Waals surface area contributed by atoms with E-state index in [0.29, 0.717) is 6.04 Å². The molecule has 2 heteroatoms. The van der Waals surface area contributed by atoms with Crippen molar-refractivity contribution >= 4 is 0 Å². The number of hydrogen-bond acceptors (Lipinski definition) is 2. The Balaban J connectivity index is 2.01. The largest absolute Gasteiger partial charge is 0.326 e. The summed E-state index contributed by atoms with van der Waals surface area (Å²) in [7, 11) is 0. The van der Waals surface area contributed by atoms with Crippen LogP contribution in [0, 0.1) is 5.92 Å². The van der Waals surface area contributed by atoms with Gasteiger partial charge in [-0.25, -0.2) is 0 Å². The normalized spacial score (nSPS) is 47.1. The summed E-state index contributed by atoms with van der Waals surface area (Å²) >= 11 is 0. The summed E-state index contributed by atoms with van der Waals surface area (Å²) in [4.78, 5) is 0. The Hall–Kier alpha value is -0.0800. The summed E-state index contributed by atoms with van der Waals surface area (Å²) in [6, 6.07) is 1.22. The van der Waals surface area contributed by atoms with Crippen LogP contribution in [0.5, 0.6) is 0 Å². The average molecular weight is 140 g/mol. The molecule has 2 fully saturated rings. The molecule has 3 unspecified atom stereocenters. The lowest BCUT2D eigenvalue weighted by Crippen LogP contribution is -2.34. The molecule has 1 saturated heterocycles. The molecule has 1 aliphatic heterocycles. The smallest absolute Gasteiger partial charge is 0.0209 e. The van der Waals surface area contributed by atoms with Crippen LogP contribution in [0.25, 0.3) is 0 Å². The molecule has 0 aromatic rings. The maximum atomic E-state index is 5.93. The molecule has 1 saturated carbocycles. The van der Waals surface area contributed by atoms with Crippen molar-refractivity contribution in [1.29, 1.82) is 0 Å². The van der Waals surface area contributed by atoms with Crippen molar-refractivity contribution in [2.24, 2.45) is 11.7 Å². The molecule has 0 spiro atoms. The quantitative estimate of drug-likeness (QED) is 0.513. The Morgan fingerprint density at radius 1 is 1.20 bits per heavy atom. The zero-order valence-corrected chi connectivity index (χ0v) is 6.34. The first-order chi connectivity index (χ1) is 4.88. The van der Waals surface area contributed by atoms with E-state index in [0.717, 1.165) is 18.5 Å². The van der Waals surface area contributed by atoms with Gasteiger partial charge in [0.25, 0.3) is 0 Å². The Morgan fingerprint density at radius 3 is 2.80 bits per heavy atom. The molecule has 2 nitrogen and oxygen atoms in total. The zero-order chi connectivity index (χ0) is 6.97. The molecule has 3 N–H and O–H groups in total. The molecule has 1 heterocycles. The summed E-state index contributed by atoms with van der Waals surface area (Å²) in [6.45, 7) is 1.05. The van der Waals surface area contributed by atoms with Crippen LogP contribution in [0.15, 0.2) is 0 Å². The maximum Gasteiger partial charge on any atom is 0.0209 e. The molecule has 0 aromatic carbocycles. The molecule has 3 atom stereocenters.